The highest BCUT2D eigenvalue weighted by Gasteiger charge is 2.12. The summed E-state index contributed by atoms with van der Waals surface area (Å²) in [7, 11) is 0. The lowest BCUT2D eigenvalue weighted by atomic mass is 10.2. The van der Waals surface area contributed by atoms with Crippen LogP contribution in [-0.4, -0.2) is 34.3 Å². The van der Waals surface area contributed by atoms with Crippen LogP contribution in [0.15, 0.2) is 29.3 Å². The zero-order valence-corrected chi connectivity index (χ0v) is 11.4. The summed E-state index contributed by atoms with van der Waals surface area (Å²) in [6.07, 6.45) is 2.72. The summed E-state index contributed by atoms with van der Waals surface area (Å²) in [4.78, 5) is 38.7. The Morgan fingerprint density at radius 3 is 2.76 bits per heavy atom. The number of rotatable bonds is 4. The molecule has 8 heteroatoms. The minimum absolute atomic E-state index is 0.00992. The molecule has 0 atom stereocenters. The Balaban J connectivity index is 2.22. The van der Waals surface area contributed by atoms with E-state index in [1.54, 1.807) is 12.1 Å². The van der Waals surface area contributed by atoms with Crippen LogP contribution in [0.2, 0.25) is 0 Å². The molecule has 0 radical (unpaired) electrons. The van der Waals surface area contributed by atoms with Crippen LogP contribution in [0.25, 0.3) is 5.65 Å². The van der Waals surface area contributed by atoms with Gasteiger partial charge >= 0.3 is 0 Å². The van der Waals surface area contributed by atoms with Gasteiger partial charge in [0.1, 0.15) is 5.69 Å². The lowest BCUT2D eigenvalue weighted by molar-refractivity contribution is -0.118. The molecule has 0 fully saturated rings. The highest BCUT2D eigenvalue weighted by atomic mass is 16.2. The van der Waals surface area contributed by atoms with Crippen LogP contribution in [0.3, 0.4) is 0 Å². The zero-order chi connectivity index (χ0) is 15.4. The van der Waals surface area contributed by atoms with Gasteiger partial charge in [0.25, 0.3) is 11.5 Å². The van der Waals surface area contributed by atoms with Gasteiger partial charge in [0.15, 0.2) is 5.65 Å². The molecule has 0 saturated heterocycles. The number of hydrogen-bond donors (Lipinski definition) is 3. The van der Waals surface area contributed by atoms with Gasteiger partial charge in [0, 0.05) is 26.2 Å². The lowest BCUT2D eigenvalue weighted by Gasteiger charge is -2.08. The molecule has 0 saturated carbocycles. The monoisotopic (exact) mass is 289 g/mol. The first kappa shape index (κ1) is 14.5. The van der Waals surface area contributed by atoms with Gasteiger partial charge in [-0.3, -0.25) is 18.8 Å². The number of nitrogens with one attached hydrogen (secondary N) is 2. The molecule has 0 aromatic carbocycles. The first-order valence-corrected chi connectivity index (χ1v) is 6.29. The van der Waals surface area contributed by atoms with Gasteiger partial charge in [0.05, 0.1) is 11.8 Å². The van der Waals surface area contributed by atoms with E-state index in [9.17, 15) is 14.4 Å². The number of carbonyl (C=O) groups excluding carboxylic acids is 2. The fourth-order valence-electron chi connectivity index (χ4n) is 1.81. The number of aromatic nitrogens is 2. The van der Waals surface area contributed by atoms with Gasteiger partial charge in [-0.1, -0.05) is 0 Å². The van der Waals surface area contributed by atoms with Crippen molar-refractivity contribution in [1.82, 2.24) is 20.0 Å². The van der Waals surface area contributed by atoms with Crippen molar-refractivity contribution in [3.63, 3.8) is 0 Å². The van der Waals surface area contributed by atoms with Crippen molar-refractivity contribution in [2.45, 2.75) is 6.92 Å². The molecule has 2 aromatic heterocycles. The molecular formula is C13H15N5O3. The highest BCUT2D eigenvalue weighted by Crippen LogP contribution is 2.07. The molecule has 0 aliphatic carbocycles. The number of anilines is 1. The van der Waals surface area contributed by atoms with Crippen molar-refractivity contribution < 1.29 is 9.59 Å². The number of nitrogen functional groups attached to an aromatic ring is 1. The molecule has 8 nitrogen and oxygen atoms in total. The van der Waals surface area contributed by atoms with E-state index in [1.807, 2.05) is 0 Å². The smallest absolute Gasteiger partial charge is 0.281 e. The van der Waals surface area contributed by atoms with E-state index in [0.29, 0.717) is 6.54 Å². The van der Waals surface area contributed by atoms with E-state index in [0.717, 1.165) is 0 Å². The number of carbonyl (C=O) groups is 2. The number of fused-ring (bicyclic) bond motifs is 1. The highest BCUT2D eigenvalue weighted by molar-refractivity contribution is 5.99. The fourth-order valence-corrected chi connectivity index (χ4v) is 1.81. The first-order valence-electron chi connectivity index (χ1n) is 6.29. The van der Waals surface area contributed by atoms with Crippen LogP contribution < -0.4 is 21.9 Å². The zero-order valence-electron chi connectivity index (χ0n) is 11.4. The van der Waals surface area contributed by atoms with Crippen LogP contribution in [0.4, 0.5) is 5.69 Å². The second-order valence-electron chi connectivity index (χ2n) is 4.37. The maximum atomic E-state index is 12.1. The summed E-state index contributed by atoms with van der Waals surface area (Å²) in [5.41, 5.74) is 5.58. The van der Waals surface area contributed by atoms with Gasteiger partial charge in [-0.25, -0.2) is 4.98 Å². The standard InChI is InChI=1S/C13H15N5O3/c1-8(19)15-4-5-16-12(20)9-3-2-6-18-11(9)17-7-10(14)13(18)21/h2-3,6-7H,4-5,14H2,1H3,(H,15,19)(H,16,20). The molecular weight excluding hydrogens is 274 g/mol. The number of amides is 2. The van der Waals surface area contributed by atoms with Crippen molar-refractivity contribution in [3.05, 3.63) is 40.4 Å². The average Bonchev–Trinajstić information content (AvgIpc) is 2.46. The predicted molar refractivity (Wildman–Crippen MR) is 76.9 cm³/mol. The molecule has 110 valence electrons. The molecule has 0 unspecified atom stereocenters. The Kier molecular flexibility index (Phi) is 4.17. The molecule has 0 aliphatic rings. The van der Waals surface area contributed by atoms with E-state index in [-0.39, 0.29) is 35.3 Å². The summed E-state index contributed by atoms with van der Waals surface area (Å²) in [6, 6.07) is 3.13. The SMILES string of the molecule is CC(=O)NCCNC(=O)c1cccn2c(=O)c(N)cnc12. The van der Waals surface area contributed by atoms with Crippen molar-refractivity contribution in [3.8, 4) is 0 Å². The number of nitrogens with zero attached hydrogens (tertiary/aromatic N) is 2. The van der Waals surface area contributed by atoms with Gasteiger partial charge in [-0.15, -0.1) is 0 Å². The first-order chi connectivity index (χ1) is 10.0. The van der Waals surface area contributed by atoms with E-state index in [1.165, 1.54) is 23.7 Å². The van der Waals surface area contributed by atoms with Crippen molar-refractivity contribution in [1.29, 1.82) is 0 Å². The van der Waals surface area contributed by atoms with Crippen LogP contribution in [0, 0.1) is 0 Å². The third-order valence-corrected chi connectivity index (χ3v) is 2.79. The quantitative estimate of drug-likeness (QED) is 0.633. The summed E-state index contributed by atoms with van der Waals surface area (Å²) >= 11 is 0. The average molecular weight is 289 g/mol. The van der Waals surface area contributed by atoms with Crippen LogP contribution >= 0.6 is 0 Å². The number of nitrogens with two attached hydrogens (primary N) is 1. The second kappa shape index (κ2) is 6.04. The Labute approximate surface area is 120 Å². The molecule has 4 N–H and O–H groups in total. The predicted octanol–water partition coefficient (Wildman–Crippen LogP) is -0.857. The minimum atomic E-state index is -0.423. The number of pyridine rings is 1. The summed E-state index contributed by atoms with van der Waals surface area (Å²) < 4.78 is 1.22. The van der Waals surface area contributed by atoms with Crippen molar-refractivity contribution >= 4 is 23.1 Å². The van der Waals surface area contributed by atoms with Crippen molar-refractivity contribution in [2.75, 3.05) is 18.8 Å². The van der Waals surface area contributed by atoms with Crippen LogP contribution in [0.5, 0.6) is 0 Å². The van der Waals surface area contributed by atoms with E-state index < -0.39 is 5.56 Å². The van der Waals surface area contributed by atoms with Crippen molar-refractivity contribution in [2.24, 2.45) is 0 Å². The second-order valence-corrected chi connectivity index (χ2v) is 4.37. The molecule has 0 spiro atoms. The van der Waals surface area contributed by atoms with E-state index in [4.69, 9.17) is 5.73 Å². The Morgan fingerprint density at radius 2 is 2.05 bits per heavy atom. The normalized spacial score (nSPS) is 10.3. The summed E-state index contributed by atoms with van der Waals surface area (Å²) in [5.74, 6) is -0.548. The van der Waals surface area contributed by atoms with E-state index in [2.05, 4.69) is 15.6 Å². The lowest BCUT2D eigenvalue weighted by Crippen LogP contribution is -2.34. The number of hydrogen-bond acceptors (Lipinski definition) is 5. The fraction of sp³-hybridized carbons (Fsp3) is 0.231. The van der Waals surface area contributed by atoms with E-state index >= 15 is 0 Å². The largest absolute Gasteiger partial charge is 0.393 e. The third-order valence-electron chi connectivity index (χ3n) is 2.79. The molecule has 2 aromatic rings. The Morgan fingerprint density at radius 1 is 1.33 bits per heavy atom. The molecule has 0 aliphatic heterocycles. The van der Waals surface area contributed by atoms with Crippen LogP contribution in [0.1, 0.15) is 17.3 Å². The van der Waals surface area contributed by atoms with Gasteiger partial charge in [-0.05, 0) is 12.1 Å². The minimum Gasteiger partial charge on any atom is -0.393 e. The van der Waals surface area contributed by atoms with Gasteiger partial charge in [-0.2, -0.15) is 0 Å². The summed E-state index contributed by atoms with van der Waals surface area (Å²) in [5, 5.41) is 5.21. The Hall–Kier alpha value is -2.90. The maximum absolute atomic E-state index is 12.1. The van der Waals surface area contributed by atoms with Crippen LogP contribution in [-0.2, 0) is 4.79 Å². The topological polar surface area (TPSA) is 119 Å². The molecule has 2 heterocycles. The third kappa shape index (κ3) is 3.16. The summed E-state index contributed by atoms with van der Waals surface area (Å²) in [6.45, 7) is 2.00. The van der Waals surface area contributed by atoms with Gasteiger partial charge < -0.3 is 16.4 Å². The molecule has 2 rings (SSSR count). The van der Waals surface area contributed by atoms with Gasteiger partial charge in [0.2, 0.25) is 5.91 Å². The molecule has 2 amide bonds. The molecule has 0 bridgehead atoms. The molecule has 21 heavy (non-hydrogen) atoms. The maximum Gasteiger partial charge on any atom is 0.281 e. The Bertz CT molecular complexity index is 753.